The summed E-state index contributed by atoms with van der Waals surface area (Å²) < 4.78 is 5.90. The van der Waals surface area contributed by atoms with Gasteiger partial charge in [0.25, 0.3) is 11.8 Å². The normalized spacial score (nSPS) is 11.2. The lowest BCUT2D eigenvalue weighted by molar-refractivity contribution is 0.0617. The Morgan fingerprint density at radius 2 is 0.865 bits per heavy atom. The highest BCUT2D eigenvalue weighted by Crippen LogP contribution is 2.29. The first-order chi connectivity index (χ1) is 17.2. The number of amides is 2. The van der Waals surface area contributed by atoms with Gasteiger partial charge in [0.15, 0.2) is 0 Å². The molecule has 0 heterocycles. The van der Waals surface area contributed by atoms with Crippen LogP contribution in [-0.4, -0.2) is 67.9 Å². The SMILES string of the molecule is CC(C)N(C(=O)c1cc(Oc2ccc(C(=O)O)c(C(=O)N(C(C)C)C(C)C)c2)ccc1C(=O)O)C(C)C. The van der Waals surface area contributed by atoms with Gasteiger partial charge in [-0.1, -0.05) is 0 Å². The number of hydrogen-bond acceptors (Lipinski definition) is 5. The van der Waals surface area contributed by atoms with Gasteiger partial charge in [-0.2, -0.15) is 0 Å². The van der Waals surface area contributed by atoms with Crippen LogP contribution >= 0.6 is 0 Å². The molecule has 0 saturated carbocycles. The van der Waals surface area contributed by atoms with E-state index in [1.54, 1.807) is 9.80 Å². The Bertz CT molecular complexity index is 1080. The van der Waals surface area contributed by atoms with Crippen LogP contribution in [0.25, 0.3) is 0 Å². The molecule has 0 bridgehead atoms. The highest BCUT2D eigenvalue weighted by atomic mass is 16.5. The van der Waals surface area contributed by atoms with E-state index in [4.69, 9.17) is 4.74 Å². The van der Waals surface area contributed by atoms with E-state index >= 15 is 0 Å². The standard InChI is InChI=1S/C28H36N2O7/c1-15(2)29(16(3)4)25(31)23-13-19(9-11-21(23)27(33)34)37-20-10-12-22(28(35)36)24(14-20)26(32)30(17(5)6)18(7)8/h9-18H,1-8H3,(H,33,34)(H,35,36). The maximum Gasteiger partial charge on any atom is 0.336 e. The summed E-state index contributed by atoms with van der Waals surface area (Å²) in [5.74, 6) is -3.05. The van der Waals surface area contributed by atoms with Gasteiger partial charge >= 0.3 is 11.9 Å². The minimum absolute atomic E-state index is 0.0309. The highest BCUT2D eigenvalue weighted by molar-refractivity contribution is 6.06. The van der Waals surface area contributed by atoms with Crippen LogP contribution in [0.5, 0.6) is 11.5 Å². The Balaban J connectivity index is 2.57. The summed E-state index contributed by atoms with van der Waals surface area (Å²) in [6.45, 7) is 14.8. The molecule has 0 saturated heterocycles. The van der Waals surface area contributed by atoms with Gasteiger partial charge in [0.05, 0.1) is 22.3 Å². The molecule has 2 amide bonds. The van der Waals surface area contributed by atoms with Crippen LogP contribution in [0, 0.1) is 0 Å². The third-order valence-corrected chi connectivity index (χ3v) is 5.83. The van der Waals surface area contributed by atoms with Gasteiger partial charge in [0.2, 0.25) is 0 Å². The summed E-state index contributed by atoms with van der Waals surface area (Å²) in [6.07, 6.45) is 0. The Labute approximate surface area is 217 Å². The number of hydrogen-bond donors (Lipinski definition) is 2. The van der Waals surface area contributed by atoms with Crippen LogP contribution in [-0.2, 0) is 0 Å². The quantitative estimate of drug-likeness (QED) is 0.437. The Kier molecular flexibility index (Phi) is 9.44. The van der Waals surface area contributed by atoms with Crippen molar-refractivity contribution in [1.82, 2.24) is 9.80 Å². The molecule has 0 atom stereocenters. The van der Waals surface area contributed by atoms with Crippen LogP contribution in [0.2, 0.25) is 0 Å². The molecule has 200 valence electrons. The van der Waals surface area contributed by atoms with Crippen molar-refractivity contribution in [1.29, 1.82) is 0 Å². The van der Waals surface area contributed by atoms with E-state index in [9.17, 15) is 29.4 Å². The van der Waals surface area contributed by atoms with E-state index in [2.05, 4.69) is 0 Å². The maximum atomic E-state index is 13.3. The van der Waals surface area contributed by atoms with Crippen molar-refractivity contribution in [2.45, 2.75) is 79.6 Å². The minimum atomic E-state index is -1.25. The molecule has 0 radical (unpaired) electrons. The summed E-state index contributed by atoms with van der Waals surface area (Å²) in [5, 5.41) is 19.3. The summed E-state index contributed by atoms with van der Waals surface area (Å²) in [5.41, 5.74) is -0.385. The molecule has 9 heteroatoms. The molecule has 0 aliphatic heterocycles. The van der Waals surface area contributed by atoms with Crippen molar-refractivity contribution in [3.05, 3.63) is 58.7 Å². The average molecular weight is 513 g/mol. The van der Waals surface area contributed by atoms with Gasteiger partial charge in [-0.3, -0.25) is 9.59 Å². The van der Waals surface area contributed by atoms with Crippen LogP contribution in [0.15, 0.2) is 36.4 Å². The summed E-state index contributed by atoms with van der Waals surface area (Å²) in [6, 6.07) is 7.45. The average Bonchev–Trinajstić information content (AvgIpc) is 2.77. The zero-order valence-corrected chi connectivity index (χ0v) is 22.6. The zero-order chi connectivity index (χ0) is 28.2. The largest absolute Gasteiger partial charge is 0.478 e. The number of aromatic carboxylic acids is 2. The second-order valence-corrected chi connectivity index (χ2v) is 9.93. The number of nitrogens with zero attached hydrogens (tertiary/aromatic N) is 2. The van der Waals surface area contributed by atoms with Crippen molar-refractivity contribution >= 4 is 23.8 Å². The number of carbonyl (C=O) groups is 4. The molecule has 0 aliphatic carbocycles. The predicted octanol–water partition coefficient (Wildman–Crippen LogP) is 5.39. The van der Waals surface area contributed by atoms with E-state index in [1.165, 1.54) is 36.4 Å². The van der Waals surface area contributed by atoms with Crippen LogP contribution in [0.1, 0.15) is 96.8 Å². The topological polar surface area (TPSA) is 124 Å². The Morgan fingerprint density at radius 1 is 0.568 bits per heavy atom. The van der Waals surface area contributed by atoms with Crippen LogP contribution in [0.4, 0.5) is 0 Å². The monoisotopic (exact) mass is 512 g/mol. The molecule has 2 N–H and O–H groups in total. The van der Waals surface area contributed by atoms with Crippen molar-refractivity contribution < 1.29 is 34.1 Å². The molecule has 0 fully saturated rings. The number of carboxylic acid groups (broad SMARTS) is 2. The molecule has 2 aromatic carbocycles. The predicted molar refractivity (Wildman–Crippen MR) is 140 cm³/mol. The number of rotatable bonds is 10. The summed E-state index contributed by atoms with van der Waals surface area (Å²) in [4.78, 5) is 53.5. The van der Waals surface area contributed by atoms with Crippen LogP contribution in [0.3, 0.4) is 0 Å². The summed E-state index contributed by atoms with van der Waals surface area (Å²) in [7, 11) is 0. The van der Waals surface area contributed by atoms with E-state index in [0.29, 0.717) is 0 Å². The number of ether oxygens (including phenoxy) is 1. The zero-order valence-electron chi connectivity index (χ0n) is 22.6. The number of carboxylic acids is 2. The minimum Gasteiger partial charge on any atom is -0.478 e. The first-order valence-electron chi connectivity index (χ1n) is 12.2. The molecule has 9 nitrogen and oxygen atoms in total. The fourth-order valence-corrected chi connectivity index (χ4v) is 4.45. The van der Waals surface area contributed by atoms with Crippen molar-refractivity contribution in [3.8, 4) is 11.5 Å². The van der Waals surface area contributed by atoms with E-state index < -0.39 is 23.8 Å². The number of benzene rings is 2. The van der Waals surface area contributed by atoms with E-state index in [1.807, 2.05) is 55.4 Å². The van der Waals surface area contributed by atoms with Gasteiger partial charge in [0, 0.05) is 24.2 Å². The molecular formula is C28H36N2O7. The number of carbonyl (C=O) groups excluding carboxylic acids is 2. The van der Waals surface area contributed by atoms with E-state index in [-0.39, 0.29) is 57.9 Å². The molecule has 0 aromatic heterocycles. The van der Waals surface area contributed by atoms with Crippen LogP contribution < -0.4 is 4.74 Å². The second-order valence-electron chi connectivity index (χ2n) is 9.93. The molecule has 0 spiro atoms. The van der Waals surface area contributed by atoms with Gasteiger partial charge in [-0.15, -0.1) is 0 Å². The lowest BCUT2D eigenvalue weighted by Gasteiger charge is -2.31. The molecule has 0 unspecified atom stereocenters. The van der Waals surface area contributed by atoms with Crippen molar-refractivity contribution in [2.75, 3.05) is 0 Å². The molecule has 2 aromatic rings. The van der Waals surface area contributed by atoms with E-state index in [0.717, 1.165) is 0 Å². The van der Waals surface area contributed by atoms with Gasteiger partial charge in [-0.25, -0.2) is 9.59 Å². The first kappa shape index (κ1) is 29.4. The lowest BCUT2D eigenvalue weighted by Crippen LogP contribution is -2.42. The fraction of sp³-hybridized carbons (Fsp3) is 0.429. The van der Waals surface area contributed by atoms with Gasteiger partial charge in [0.1, 0.15) is 11.5 Å². The molecular weight excluding hydrogens is 476 g/mol. The van der Waals surface area contributed by atoms with Gasteiger partial charge in [-0.05, 0) is 91.8 Å². The molecule has 0 aliphatic rings. The van der Waals surface area contributed by atoms with Crippen molar-refractivity contribution in [2.24, 2.45) is 0 Å². The lowest BCUT2D eigenvalue weighted by atomic mass is 10.0. The fourth-order valence-electron chi connectivity index (χ4n) is 4.45. The third kappa shape index (κ3) is 6.67. The Hall–Kier alpha value is -3.88. The third-order valence-electron chi connectivity index (χ3n) is 5.83. The van der Waals surface area contributed by atoms with Crippen molar-refractivity contribution in [3.63, 3.8) is 0 Å². The smallest absolute Gasteiger partial charge is 0.336 e. The first-order valence-corrected chi connectivity index (χ1v) is 12.2. The Morgan fingerprint density at radius 3 is 1.11 bits per heavy atom. The maximum absolute atomic E-state index is 13.3. The summed E-state index contributed by atoms with van der Waals surface area (Å²) >= 11 is 0. The highest BCUT2D eigenvalue weighted by Gasteiger charge is 2.28. The molecule has 2 rings (SSSR count). The molecule has 37 heavy (non-hydrogen) atoms. The van der Waals surface area contributed by atoms with Gasteiger partial charge < -0.3 is 24.7 Å². The second kappa shape index (κ2) is 11.9.